The molecular weight excluding hydrogens is 328 g/mol. The summed E-state index contributed by atoms with van der Waals surface area (Å²) < 4.78 is 30.3. The molecule has 1 aromatic carbocycles. The van der Waals surface area contributed by atoms with Gasteiger partial charge in [-0.05, 0) is 24.3 Å². The van der Waals surface area contributed by atoms with Gasteiger partial charge in [0.25, 0.3) is 0 Å². The van der Waals surface area contributed by atoms with Crippen molar-refractivity contribution in [3.05, 3.63) is 29.3 Å². The molecule has 0 aromatic heterocycles. The third kappa shape index (κ3) is 4.59. The summed E-state index contributed by atoms with van der Waals surface area (Å²) >= 11 is 5.82. The minimum absolute atomic E-state index is 0.0640. The minimum atomic E-state index is -3.46. The predicted octanol–water partition coefficient (Wildman–Crippen LogP) is 1.35. The molecule has 1 amide bonds. The van der Waals surface area contributed by atoms with E-state index in [2.05, 4.69) is 0 Å². The number of hydrogen-bond acceptors (Lipinski definition) is 4. The molecule has 0 saturated carbocycles. The number of ether oxygens (including phenoxy) is 1. The van der Waals surface area contributed by atoms with Crippen molar-refractivity contribution in [1.29, 1.82) is 0 Å². The molecule has 0 aliphatic carbocycles. The molecule has 0 atom stereocenters. The van der Waals surface area contributed by atoms with Crippen LogP contribution in [0.5, 0.6) is 0 Å². The van der Waals surface area contributed by atoms with E-state index in [-0.39, 0.29) is 18.9 Å². The zero-order valence-corrected chi connectivity index (χ0v) is 13.9. The first-order chi connectivity index (χ1) is 10.4. The molecule has 0 N–H and O–H groups in total. The van der Waals surface area contributed by atoms with E-state index in [0.717, 1.165) is 6.26 Å². The smallest absolute Gasteiger partial charge is 0.232 e. The van der Waals surface area contributed by atoms with Gasteiger partial charge in [-0.3, -0.25) is 9.10 Å². The summed E-state index contributed by atoms with van der Waals surface area (Å²) in [6.45, 7) is 2.27. The van der Waals surface area contributed by atoms with Crippen LogP contribution in [0.2, 0.25) is 5.02 Å². The lowest BCUT2D eigenvalue weighted by Gasteiger charge is -2.28. The van der Waals surface area contributed by atoms with Crippen LogP contribution < -0.4 is 4.31 Å². The molecule has 0 unspecified atom stereocenters. The van der Waals surface area contributed by atoms with Crippen LogP contribution in [0.1, 0.15) is 6.42 Å². The van der Waals surface area contributed by atoms with Gasteiger partial charge < -0.3 is 9.64 Å². The van der Waals surface area contributed by atoms with E-state index in [4.69, 9.17) is 16.3 Å². The highest BCUT2D eigenvalue weighted by molar-refractivity contribution is 7.92. The largest absolute Gasteiger partial charge is 0.378 e. The lowest BCUT2D eigenvalue weighted by atomic mass is 10.3. The molecule has 6 nitrogen and oxygen atoms in total. The van der Waals surface area contributed by atoms with Gasteiger partial charge in [-0.1, -0.05) is 11.6 Å². The number of anilines is 1. The Bertz CT molecular complexity index is 612. The maximum absolute atomic E-state index is 12.1. The predicted molar refractivity (Wildman–Crippen MR) is 85.7 cm³/mol. The second-order valence-corrected chi connectivity index (χ2v) is 7.40. The summed E-state index contributed by atoms with van der Waals surface area (Å²) in [5.74, 6) is -0.0640. The van der Waals surface area contributed by atoms with E-state index in [1.54, 1.807) is 29.2 Å². The minimum Gasteiger partial charge on any atom is -0.378 e. The third-order valence-electron chi connectivity index (χ3n) is 3.41. The Kier molecular flexibility index (Phi) is 5.66. The van der Waals surface area contributed by atoms with Crippen molar-refractivity contribution >= 4 is 33.2 Å². The highest BCUT2D eigenvalue weighted by Crippen LogP contribution is 2.20. The summed E-state index contributed by atoms with van der Waals surface area (Å²) in [7, 11) is -3.46. The normalized spacial score (nSPS) is 15.6. The molecule has 1 aliphatic rings. The number of nitrogens with zero attached hydrogens (tertiary/aromatic N) is 2. The Morgan fingerprint density at radius 1 is 1.27 bits per heavy atom. The molecule has 0 spiro atoms. The fourth-order valence-electron chi connectivity index (χ4n) is 2.26. The molecular formula is C14H19ClN2O4S. The Labute approximate surface area is 135 Å². The van der Waals surface area contributed by atoms with Crippen molar-refractivity contribution in [3.63, 3.8) is 0 Å². The van der Waals surface area contributed by atoms with Crippen LogP contribution in [0.15, 0.2) is 24.3 Å². The SMILES string of the molecule is CS(=O)(=O)N(CCC(=O)N1CCOCC1)c1ccc(Cl)cc1. The zero-order chi connectivity index (χ0) is 16.2. The van der Waals surface area contributed by atoms with Crippen molar-refractivity contribution in [1.82, 2.24) is 4.90 Å². The summed E-state index contributed by atoms with van der Waals surface area (Å²) in [6.07, 6.45) is 1.26. The van der Waals surface area contributed by atoms with Gasteiger partial charge in [0.15, 0.2) is 0 Å². The van der Waals surface area contributed by atoms with E-state index < -0.39 is 10.0 Å². The second kappa shape index (κ2) is 7.30. The third-order valence-corrected chi connectivity index (χ3v) is 4.85. The number of amides is 1. The lowest BCUT2D eigenvalue weighted by molar-refractivity contribution is -0.134. The number of sulfonamides is 1. The molecule has 1 saturated heterocycles. The average Bonchev–Trinajstić information content (AvgIpc) is 2.48. The van der Waals surface area contributed by atoms with Gasteiger partial charge in [0.05, 0.1) is 25.2 Å². The number of carbonyl (C=O) groups is 1. The van der Waals surface area contributed by atoms with Gasteiger partial charge in [-0.25, -0.2) is 8.42 Å². The summed E-state index contributed by atoms with van der Waals surface area (Å²) in [5.41, 5.74) is 0.502. The fraction of sp³-hybridized carbons (Fsp3) is 0.500. The van der Waals surface area contributed by atoms with E-state index in [1.165, 1.54) is 4.31 Å². The van der Waals surface area contributed by atoms with Crippen LogP contribution in [-0.4, -0.2) is 58.3 Å². The molecule has 0 bridgehead atoms. The number of halogens is 1. The maximum Gasteiger partial charge on any atom is 0.232 e. The number of carbonyl (C=O) groups excluding carboxylic acids is 1. The van der Waals surface area contributed by atoms with Crippen LogP contribution in [0.25, 0.3) is 0 Å². The van der Waals surface area contributed by atoms with E-state index in [0.29, 0.717) is 37.0 Å². The molecule has 1 aliphatic heterocycles. The summed E-state index contributed by atoms with van der Waals surface area (Å²) in [6, 6.07) is 6.50. The molecule has 2 rings (SSSR count). The number of benzene rings is 1. The van der Waals surface area contributed by atoms with Crippen LogP contribution in [-0.2, 0) is 19.6 Å². The monoisotopic (exact) mass is 346 g/mol. The lowest BCUT2D eigenvalue weighted by Crippen LogP contribution is -2.42. The van der Waals surface area contributed by atoms with Crippen molar-refractivity contribution < 1.29 is 17.9 Å². The van der Waals surface area contributed by atoms with Gasteiger partial charge >= 0.3 is 0 Å². The first kappa shape index (κ1) is 17.1. The standard InChI is InChI=1S/C14H19ClN2O4S/c1-22(19,20)17(13-4-2-12(15)3-5-13)7-6-14(18)16-8-10-21-11-9-16/h2-5H,6-11H2,1H3. The van der Waals surface area contributed by atoms with Gasteiger partial charge in [-0.15, -0.1) is 0 Å². The Balaban J connectivity index is 2.04. The van der Waals surface area contributed by atoms with Crippen molar-refractivity contribution in [2.75, 3.05) is 43.4 Å². The zero-order valence-electron chi connectivity index (χ0n) is 12.4. The molecule has 122 valence electrons. The first-order valence-corrected chi connectivity index (χ1v) is 9.19. The van der Waals surface area contributed by atoms with Crippen LogP contribution in [0.3, 0.4) is 0 Å². The van der Waals surface area contributed by atoms with E-state index in [1.807, 2.05) is 0 Å². The highest BCUT2D eigenvalue weighted by Gasteiger charge is 2.21. The van der Waals surface area contributed by atoms with E-state index in [9.17, 15) is 13.2 Å². The highest BCUT2D eigenvalue weighted by atomic mass is 35.5. The summed E-state index contributed by atoms with van der Waals surface area (Å²) in [5, 5.41) is 0.529. The van der Waals surface area contributed by atoms with E-state index >= 15 is 0 Å². The van der Waals surface area contributed by atoms with Gasteiger partial charge in [0, 0.05) is 31.1 Å². The Morgan fingerprint density at radius 2 is 1.86 bits per heavy atom. The fourth-order valence-corrected chi connectivity index (χ4v) is 3.32. The van der Waals surface area contributed by atoms with Crippen molar-refractivity contribution in [2.24, 2.45) is 0 Å². The van der Waals surface area contributed by atoms with Crippen molar-refractivity contribution in [2.45, 2.75) is 6.42 Å². The van der Waals surface area contributed by atoms with Gasteiger partial charge in [-0.2, -0.15) is 0 Å². The number of hydrogen-bond donors (Lipinski definition) is 0. The topological polar surface area (TPSA) is 66.9 Å². The van der Waals surface area contributed by atoms with Crippen LogP contribution in [0.4, 0.5) is 5.69 Å². The molecule has 22 heavy (non-hydrogen) atoms. The molecule has 0 radical (unpaired) electrons. The quantitative estimate of drug-likeness (QED) is 0.807. The molecule has 1 heterocycles. The average molecular weight is 347 g/mol. The number of rotatable bonds is 5. The van der Waals surface area contributed by atoms with Crippen LogP contribution >= 0.6 is 11.6 Å². The first-order valence-electron chi connectivity index (χ1n) is 6.97. The Morgan fingerprint density at radius 3 is 2.41 bits per heavy atom. The maximum atomic E-state index is 12.1. The van der Waals surface area contributed by atoms with Crippen LogP contribution in [0, 0.1) is 0 Å². The van der Waals surface area contributed by atoms with Crippen molar-refractivity contribution in [3.8, 4) is 0 Å². The van der Waals surface area contributed by atoms with Gasteiger partial charge in [0.2, 0.25) is 15.9 Å². The second-order valence-electron chi connectivity index (χ2n) is 5.05. The number of morpholine rings is 1. The van der Waals surface area contributed by atoms with Gasteiger partial charge in [0.1, 0.15) is 0 Å². The molecule has 8 heteroatoms. The molecule has 1 aromatic rings. The Hall–Kier alpha value is -1.31. The summed E-state index contributed by atoms with van der Waals surface area (Å²) in [4.78, 5) is 13.8. The molecule has 1 fully saturated rings.